The maximum Gasteiger partial charge on any atom is 0.419 e. The third kappa shape index (κ3) is 2.90. The molecule has 0 saturated heterocycles. The number of rotatable bonds is 1. The van der Waals surface area contributed by atoms with Gasteiger partial charge in [0.05, 0.1) is 16.9 Å². The predicted molar refractivity (Wildman–Crippen MR) is 88.3 cm³/mol. The van der Waals surface area contributed by atoms with Crippen LogP contribution in [-0.4, -0.2) is 22.8 Å². The summed E-state index contributed by atoms with van der Waals surface area (Å²) in [7, 11) is 0. The Hall–Kier alpha value is -3.02. The van der Waals surface area contributed by atoms with E-state index >= 15 is 0 Å². The molecule has 0 saturated carbocycles. The second-order valence-electron chi connectivity index (χ2n) is 6.37. The quantitative estimate of drug-likeness (QED) is 0.830. The van der Waals surface area contributed by atoms with Crippen molar-refractivity contribution in [2.75, 3.05) is 4.90 Å². The number of para-hydroxylation sites is 2. The first-order chi connectivity index (χ1) is 11.3. The van der Waals surface area contributed by atoms with Crippen molar-refractivity contribution in [3.63, 3.8) is 0 Å². The van der Waals surface area contributed by atoms with Crippen LogP contribution in [0, 0.1) is 0 Å². The minimum absolute atomic E-state index is 0.0808. The number of carbonyl (C=O) groups is 2. The lowest BCUT2D eigenvalue weighted by molar-refractivity contribution is 0.0595. The zero-order chi connectivity index (χ0) is 17.5. The highest BCUT2D eigenvalue weighted by molar-refractivity contribution is 6.02. The Bertz CT molecular complexity index is 822. The predicted octanol–water partition coefficient (Wildman–Crippen LogP) is 4.56. The number of hydrogen-bond donors (Lipinski definition) is 1. The van der Waals surface area contributed by atoms with Crippen molar-refractivity contribution >= 4 is 23.4 Å². The molecule has 0 aliphatic carbocycles. The zero-order valence-electron chi connectivity index (χ0n) is 13.6. The Balaban J connectivity index is 2.11. The summed E-state index contributed by atoms with van der Waals surface area (Å²) in [5, 5.41) is 9.15. The van der Waals surface area contributed by atoms with Crippen molar-refractivity contribution in [3.05, 3.63) is 48.0 Å². The molecule has 0 radical (unpaired) electrons. The van der Waals surface area contributed by atoms with Gasteiger partial charge in [0.15, 0.2) is 11.5 Å². The van der Waals surface area contributed by atoms with Crippen molar-refractivity contribution < 1.29 is 24.2 Å². The lowest BCUT2D eigenvalue weighted by Crippen LogP contribution is -2.35. The van der Waals surface area contributed by atoms with Gasteiger partial charge in [0.2, 0.25) is 0 Å². The summed E-state index contributed by atoms with van der Waals surface area (Å²) in [5.74, 6) is -0.318. The van der Waals surface area contributed by atoms with E-state index in [-0.39, 0.29) is 5.56 Å². The number of aromatic carboxylic acids is 1. The normalized spacial score (nSPS) is 12.7. The van der Waals surface area contributed by atoms with Gasteiger partial charge in [0.25, 0.3) is 0 Å². The summed E-state index contributed by atoms with van der Waals surface area (Å²) in [6, 6.07) is 11.4. The molecule has 0 bridgehead atoms. The van der Waals surface area contributed by atoms with Crippen LogP contribution in [0.5, 0.6) is 11.5 Å². The van der Waals surface area contributed by atoms with Crippen LogP contribution in [0.2, 0.25) is 0 Å². The molecule has 1 amide bonds. The van der Waals surface area contributed by atoms with Crippen LogP contribution in [0.1, 0.15) is 31.1 Å². The summed E-state index contributed by atoms with van der Waals surface area (Å²) in [4.78, 5) is 25.3. The molecular weight excluding hydrogens is 310 g/mol. The van der Waals surface area contributed by atoms with Gasteiger partial charge in [0.1, 0.15) is 5.60 Å². The molecular formula is C18H17NO5. The topological polar surface area (TPSA) is 76.1 Å². The van der Waals surface area contributed by atoms with E-state index in [9.17, 15) is 9.59 Å². The van der Waals surface area contributed by atoms with Crippen LogP contribution in [-0.2, 0) is 4.74 Å². The zero-order valence-corrected chi connectivity index (χ0v) is 13.6. The van der Waals surface area contributed by atoms with Gasteiger partial charge in [-0.25, -0.2) is 14.5 Å². The number of benzene rings is 2. The van der Waals surface area contributed by atoms with Crippen LogP contribution >= 0.6 is 0 Å². The fourth-order valence-electron chi connectivity index (χ4n) is 2.39. The second kappa shape index (κ2) is 5.56. The lowest BCUT2D eigenvalue weighted by Gasteiger charge is -2.32. The SMILES string of the molecule is CC(C)(C)OC(=O)N1c2ccccc2Oc2cc(C(=O)O)ccc21. The van der Waals surface area contributed by atoms with Gasteiger partial charge >= 0.3 is 12.1 Å². The third-order valence-corrected chi connectivity index (χ3v) is 3.35. The van der Waals surface area contributed by atoms with Gasteiger partial charge in [0, 0.05) is 0 Å². The molecule has 1 aliphatic heterocycles. The minimum atomic E-state index is -1.07. The summed E-state index contributed by atoms with van der Waals surface area (Å²) >= 11 is 0. The molecule has 0 spiro atoms. The van der Waals surface area contributed by atoms with Gasteiger partial charge in [-0.3, -0.25) is 0 Å². The van der Waals surface area contributed by atoms with Crippen LogP contribution in [0.15, 0.2) is 42.5 Å². The van der Waals surface area contributed by atoms with Gasteiger partial charge < -0.3 is 14.6 Å². The molecule has 0 unspecified atom stereocenters. The van der Waals surface area contributed by atoms with Gasteiger partial charge in [-0.15, -0.1) is 0 Å². The fraction of sp³-hybridized carbons (Fsp3) is 0.222. The second-order valence-corrected chi connectivity index (χ2v) is 6.37. The van der Waals surface area contributed by atoms with Crippen LogP contribution in [0.25, 0.3) is 0 Å². The van der Waals surface area contributed by atoms with E-state index in [0.717, 1.165) is 0 Å². The van der Waals surface area contributed by atoms with E-state index in [1.165, 1.54) is 17.0 Å². The molecule has 2 aromatic rings. The number of carbonyl (C=O) groups excluding carboxylic acids is 1. The number of fused-ring (bicyclic) bond motifs is 2. The Kier molecular flexibility index (Phi) is 3.67. The molecule has 1 heterocycles. The third-order valence-electron chi connectivity index (χ3n) is 3.35. The maximum atomic E-state index is 12.7. The molecule has 124 valence electrons. The number of anilines is 2. The lowest BCUT2D eigenvalue weighted by atomic mass is 10.1. The number of amides is 1. The van der Waals surface area contributed by atoms with Crippen molar-refractivity contribution in [3.8, 4) is 11.5 Å². The molecule has 2 aromatic carbocycles. The smallest absolute Gasteiger partial charge is 0.419 e. The largest absolute Gasteiger partial charge is 0.478 e. The molecule has 0 aromatic heterocycles. The van der Waals surface area contributed by atoms with E-state index in [0.29, 0.717) is 22.9 Å². The van der Waals surface area contributed by atoms with Crippen LogP contribution in [0.4, 0.5) is 16.2 Å². The molecule has 24 heavy (non-hydrogen) atoms. The van der Waals surface area contributed by atoms with Crippen LogP contribution in [0.3, 0.4) is 0 Å². The van der Waals surface area contributed by atoms with E-state index in [1.807, 2.05) is 0 Å². The number of nitrogens with zero attached hydrogens (tertiary/aromatic N) is 1. The molecule has 0 fully saturated rings. The Morgan fingerprint density at radius 1 is 1.04 bits per heavy atom. The number of ether oxygens (including phenoxy) is 2. The van der Waals surface area contributed by atoms with Gasteiger partial charge in [-0.05, 0) is 51.1 Å². The highest BCUT2D eigenvalue weighted by Gasteiger charge is 2.32. The molecule has 1 aliphatic rings. The molecule has 6 heteroatoms. The van der Waals surface area contributed by atoms with Gasteiger partial charge in [-0.2, -0.15) is 0 Å². The van der Waals surface area contributed by atoms with Crippen molar-refractivity contribution in [1.29, 1.82) is 0 Å². The standard InChI is InChI=1S/C18H17NO5/c1-18(2,3)24-17(22)19-12-6-4-5-7-14(12)23-15-10-11(16(20)21)8-9-13(15)19/h4-10H,1-3H3,(H,20,21). The maximum absolute atomic E-state index is 12.7. The Morgan fingerprint density at radius 2 is 1.71 bits per heavy atom. The Morgan fingerprint density at radius 3 is 2.38 bits per heavy atom. The average molecular weight is 327 g/mol. The summed E-state index contributed by atoms with van der Waals surface area (Å²) < 4.78 is 11.2. The van der Waals surface area contributed by atoms with E-state index in [2.05, 4.69) is 0 Å². The van der Waals surface area contributed by atoms with E-state index in [4.69, 9.17) is 14.6 Å². The average Bonchev–Trinajstić information content (AvgIpc) is 2.50. The highest BCUT2D eigenvalue weighted by atomic mass is 16.6. The Labute approximate surface area is 139 Å². The summed E-state index contributed by atoms with van der Waals surface area (Å²) in [6.45, 7) is 5.35. The monoisotopic (exact) mass is 327 g/mol. The van der Waals surface area contributed by atoms with Crippen LogP contribution < -0.4 is 9.64 Å². The highest BCUT2D eigenvalue weighted by Crippen LogP contribution is 2.47. The van der Waals surface area contributed by atoms with Crippen molar-refractivity contribution in [2.24, 2.45) is 0 Å². The molecule has 0 atom stereocenters. The first kappa shape index (κ1) is 15.9. The minimum Gasteiger partial charge on any atom is -0.478 e. The van der Waals surface area contributed by atoms with E-state index < -0.39 is 17.7 Å². The summed E-state index contributed by atoms with van der Waals surface area (Å²) in [6.07, 6.45) is -0.553. The molecule has 3 rings (SSSR count). The van der Waals surface area contributed by atoms with E-state index in [1.54, 1.807) is 51.1 Å². The van der Waals surface area contributed by atoms with Gasteiger partial charge in [-0.1, -0.05) is 12.1 Å². The number of hydrogen-bond acceptors (Lipinski definition) is 4. The first-order valence-corrected chi connectivity index (χ1v) is 7.43. The molecule has 6 nitrogen and oxygen atoms in total. The fourth-order valence-corrected chi connectivity index (χ4v) is 2.39. The van der Waals surface area contributed by atoms with Crippen molar-refractivity contribution in [1.82, 2.24) is 0 Å². The number of carboxylic acids is 1. The molecule has 1 N–H and O–H groups in total. The summed E-state index contributed by atoms with van der Waals surface area (Å²) in [5.41, 5.74) is 0.401. The first-order valence-electron chi connectivity index (χ1n) is 7.43. The number of carboxylic acid groups (broad SMARTS) is 1. The van der Waals surface area contributed by atoms with Crippen molar-refractivity contribution in [2.45, 2.75) is 26.4 Å².